The molecule has 2 N–H and O–H groups in total. The summed E-state index contributed by atoms with van der Waals surface area (Å²) >= 11 is 11.8. The van der Waals surface area contributed by atoms with Crippen molar-refractivity contribution in [3.05, 3.63) is 68.8 Å². The van der Waals surface area contributed by atoms with Crippen LogP contribution in [0.15, 0.2) is 47.3 Å². The highest BCUT2D eigenvalue weighted by Crippen LogP contribution is 2.33. The van der Waals surface area contributed by atoms with Crippen molar-refractivity contribution < 1.29 is 9.34 Å². The minimum Gasteiger partial charge on any atom is -0.467 e. The molecule has 25 heavy (non-hydrogen) atoms. The average Bonchev–Trinajstić information content (AvgIpc) is 3.09. The van der Waals surface area contributed by atoms with Gasteiger partial charge in [-0.05, 0) is 30.3 Å². The molecule has 10 heteroatoms. The Hall–Kier alpha value is -2.84. The molecule has 8 nitrogen and oxygen atoms in total. The number of furan rings is 1. The van der Waals surface area contributed by atoms with Crippen LogP contribution in [0.1, 0.15) is 5.76 Å². The lowest BCUT2D eigenvalue weighted by atomic mass is 10.3. The highest BCUT2D eigenvalue weighted by atomic mass is 35.5. The second-order valence-electron chi connectivity index (χ2n) is 4.86. The number of hydrogen-bond acceptors (Lipinski definition) is 7. The molecule has 0 spiro atoms. The van der Waals surface area contributed by atoms with Crippen LogP contribution in [0, 0.1) is 10.1 Å². The summed E-state index contributed by atoms with van der Waals surface area (Å²) in [6.45, 7) is 0.247. The van der Waals surface area contributed by atoms with E-state index >= 15 is 0 Å². The SMILES string of the molecule is O=[N+]([O-])c1c(NCc2ccco2)ncnc1Nc1ccc(Cl)c(Cl)c1. The van der Waals surface area contributed by atoms with E-state index in [-0.39, 0.29) is 23.9 Å². The first-order valence-electron chi connectivity index (χ1n) is 7.02. The van der Waals surface area contributed by atoms with Gasteiger partial charge in [-0.25, -0.2) is 9.97 Å². The number of aromatic nitrogens is 2. The predicted molar refractivity (Wildman–Crippen MR) is 94.5 cm³/mol. The fraction of sp³-hybridized carbons (Fsp3) is 0.0667. The number of nitro groups is 1. The standard InChI is InChI=1S/C15H11Cl2N5O3/c16-11-4-3-9(6-12(11)17)21-15-13(22(23)24)14(19-8-20-15)18-7-10-2-1-5-25-10/h1-6,8H,7H2,(H2,18,19,20,21). The molecular weight excluding hydrogens is 369 g/mol. The normalized spacial score (nSPS) is 10.5. The maximum absolute atomic E-state index is 11.5. The first kappa shape index (κ1) is 17.0. The van der Waals surface area contributed by atoms with Gasteiger partial charge in [0.2, 0.25) is 11.6 Å². The minimum absolute atomic E-state index is 0.0281. The minimum atomic E-state index is -0.565. The number of benzene rings is 1. The van der Waals surface area contributed by atoms with E-state index < -0.39 is 4.92 Å². The van der Waals surface area contributed by atoms with Crippen molar-refractivity contribution in [3.63, 3.8) is 0 Å². The van der Waals surface area contributed by atoms with Crippen molar-refractivity contribution in [1.29, 1.82) is 0 Å². The molecular formula is C15H11Cl2N5O3. The third-order valence-corrected chi connectivity index (χ3v) is 3.94. The summed E-state index contributed by atoms with van der Waals surface area (Å²) in [6.07, 6.45) is 2.74. The molecule has 2 heterocycles. The summed E-state index contributed by atoms with van der Waals surface area (Å²) < 4.78 is 5.19. The van der Waals surface area contributed by atoms with Gasteiger partial charge < -0.3 is 15.1 Å². The Kier molecular flexibility index (Phi) is 5.01. The molecule has 128 valence electrons. The van der Waals surface area contributed by atoms with E-state index in [0.717, 1.165) is 0 Å². The van der Waals surface area contributed by atoms with Crippen LogP contribution < -0.4 is 10.6 Å². The average molecular weight is 380 g/mol. The molecule has 3 rings (SSSR count). The summed E-state index contributed by atoms with van der Waals surface area (Å²) in [6, 6.07) is 8.23. The molecule has 0 aliphatic heterocycles. The molecule has 0 radical (unpaired) electrons. The van der Waals surface area contributed by atoms with Crippen molar-refractivity contribution in [2.45, 2.75) is 6.54 Å². The molecule has 0 aliphatic rings. The van der Waals surface area contributed by atoms with Gasteiger partial charge in [0.15, 0.2) is 0 Å². The van der Waals surface area contributed by atoms with E-state index in [4.69, 9.17) is 27.6 Å². The van der Waals surface area contributed by atoms with E-state index in [1.165, 1.54) is 12.6 Å². The van der Waals surface area contributed by atoms with E-state index in [0.29, 0.717) is 21.5 Å². The zero-order valence-electron chi connectivity index (χ0n) is 12.6. The molecule has 0 amide bonds. The van der Waals surface area contributed by atoms with Crippen molar-refractivity contribution in [3.8, 4) is 0 Å². The van der Waals surface area contributed by atoms with Gasteiger partial charge in [0.05, 0.1) is 27.8 Å². The Morgan fingerprint density at radius 3 is 2.64 bits per heavy atom. The fourth-order valence-corrected chi connectivity index (χ4v) is 2.37. The molecule has 0 saturated carbocycles. The highest BCUT2D eigenvalue weighted by molar-refractivity contribution is 6.42. The molecule has 3 aromatic rings. The summed E-state index contributed by atoms with van der Waals surface area (Å²) in [7, 11) is 0. The number of halogens is 2. The Labute approximate surface area is 152 Å². The highest BCUT2D eigenvalue weighted by Gasteiger charge is 2.23. The Bertz CT molecular complexity index is 902. The third kappa shape index (κ3) is 3.98. The first-order valence-corrected chi connectivity index (χ1v) is 7.78. The van der Waals surface area contributed by atoms with Crippen LogP contribution in [0.2, 0.25) is 10.0 Å². The van der Waals surface area contributed by atoms with Gasteiger partial charge in [-0.15, -0.1) is 0 Å². The lowest BCUT2D eigenvalue weighted by Gasteiger charge is -2.10. The van der Waals surface area contributed by atoms with E-state index in [2.05, 4.69) is 20.6 Å². The van der Waals surface area contributed by atoms with Crippen LogP contribution >= 0.6 is 23.2 Å². The van der Waals surface area contributed by atoms with Crippen molar-refractivity contribution in [2.75, 3.05) is 10.6 Å². The van der Waals surface area contributed by atoms with Crippen LogP contribution in [0.4, 0.5) is 23.0 Å². The quantitative estimate of drug-likeness (QED) is 0.474. The van der Waals surface area contributed by atoms with Crippen LogP contribution in [-0.4, -0.2) is 14.9 Å². The summed E-state index contributed by atoms with van der Waals surface area (Å²) in [5.41, 5.74) is 0.216. The molecule has 1 aromatic carbocycles. The second-order valence-corrected chi connectivity index (χ2v) is 5.68. The molecule has 2 aromatic heterocycles. The summed E-state index contributed by atoms with van der Waals surface area (Å²) in [4.78, 5) is 18.8. The van der Waals surface area contributed by atoms with Crippen molar-refractivity contribution in [1.82, 2.24) is 9.97 Å². The Balaban J connectivity index is 1.89. The van der Waals surface area contributed by atoms with Gasteiger partial charge in [-0.3, -0.25) is 10.1 Å². The van der Waals surface area contributed by atoms with Crippen LogP contribution in [0.3, 0.4) is 0 Å². The first-order chi connectivity index (χ1) is 12.0. The lowest BCUT2D eigenvalue weighted by molar-refractivity contribution is -0.383. The maximum Gasteiger partial charge on any atom is 0.353 e. The summed E-state index contributed by atoms with van der Waals surface area (Å²) in [5.74, 6) is 0.714. The van der Waals surface area contributed by atoms with E-state index in [1.807, 2.05) is 0 Å². The Morgan fingerprint density at radius 1 is 1.16 bits per heavy atom. The third-order valence-electron chi connectivity index (χ3n) is 3.20. The van der Waals surface area contributed by atoms with Crippen LogP contribution in [0.25, 0.3) is 0 Å². The zero-order valence-corrected chi connectivity index (χ0v) is 14.1. The zero-order chi connectivity index (χ0) is 17.8. The molecule has 0 atom stereocenters. The number of nitrogens with one attached hydrogen (secondary N) is 2. The molecule has 0 fully saturated rings. The van der Waals surface area contributed by atoms with Crippen LogP contribution in [-0.2, 0) is 6.54 Å². The predicted octanol–water partition coefficient (Wildman–Crippen LogP) is 4.64. The van der Waals surface area contributed by atoms with E-state index in [1.54, 1.807) is 30.3 Å². The summed E-state index contributed by atoms with van der Waals surface area (Å²) in [5, 5.41) is 17.9. The smallest absolute Gasteiger partial charge is 0.353 e. The van der Waals surface area contributed by atoms with Gasteiger partial charge in [0.1, 0.15) is 12.1 Å². The van der Waals surface area contributed by atoms with Gasteiger partial charge in [-0.2, -0.15) is 0 Å². The fourth-order valence-electron chi connectivity index (χ4n) is 2.07. The van der Waals surface area contributed by atoms with Crippen LogP contribution in [0.5, 0.6) is 0 Å². The number of nitrogens with zero attached hydrogens (tertiary/aromatic N) is 3. The Morgan fingerprint density at radius 2 is 1.96 bits per heavy atom. The largest absolute Gasteiger partial charge is 0.467 e. The van der Waals surface area contributed by atoms with Gasteiger partial charge in [0, 0.05) is 5.69 Å². The van der Waals surface area contributed by atoms with Crippen molar-refractivity contribution >= 4 is 46.2 Å². The molecule has 0 aliphatic carbocycles. The van der Waals surface area contributed by atoms with Gasteiger partial charge in [-0.1, -0.05) is 23.2 Å². The number of rotatable bonds is 6. The van der Waals surface area contributed by atoms with Gasteiger partial charge in [0.25, 0.3) is 0 Å². The topological polar surface area (TPSA) is 106 Å². The van der Waals surface area contributed by atoms with Crippen molar-refractivity contribution in [2.24, 2.45) is 0 Å². The molecule has 0 bridgehead atoms. The van der Waals surface area contributed by atoms with E-state index in [9.17, 15) is 10.1 Å². The second kappa shape index (κ2) is 7.37. The number of hydrogen-bond donors (Lipinski definition) is 2. The molecule has 0 unspecified atom stereocenters. The number of anilines is 3. The maximum atomic E-state index is 11.5. The monoisotopic (exact) mass is 379 g/mol. The molecule has 0 saturated heterocycles. The van der Waals surface area contributed by atoms with Gasteiger partial charge >= 0.3 is 5.69 Å². The lowest BCUT2D eigenvalue weighted by Crippen LogP contribution is -2.08.